The summed E-state index contributed by atoms with van der Waals surface area (Å²) in [6.45, 7) is 3.48. The highest BCUT2D eigenvalue weighted by atomic mass is 31.0. The maximum Gasteiger partial charge on any atom is 0.408 e. The van der Waals surface area contributed by atoms with Crippen molar-refractivity contribution < 1.29 is 23.7 Å². The first-order valence-corrected chi connectivity index (χ1v) is 9.87. The topological polar surface area (TPSA) is 98.5 Å². The second kappa shape index (κ2) is 10.1. The van der Waals surface area contributed by atoms with Crippen LogP contribution in [0.25, 0.3) is 0 Å². The van der Waals surface area contributed by atoms with Crippen LogP contribution < -0.4 is 10.1 Å². The van der Waals surface area contributed by atoms with Gasteiger partial charge < -0.3 is 25.7 Å². The number of anilines is 2. The van der Waals surface area contributed by atoms with E-state index in [1.165, 1.54) is 27.6 Å². The van der Waals surface area contributed by atoms with Gasteiger partial charge in [-0.3, -0.25) is 0 Å². The molecule has 0 aliphatic heterocycles. The summed E-state index contributed by atoms with van der Waals surface area (Å²) in [7, 11) is 1.31. The van der Waals surface area contributed by atoms with E-state index in [-0.39, 0.29) is 11.7 Å². The zero-order valence-electron chi connectivity index (χ0n) is 16.3. The number of aromatic nitrogens is 1. The van der Waals surface area contributed by atoms with Gasteiger partial charge in [0.05, 0.1) is 6.61 Å². The minimum Gasteiger partial charge on any atom is -0.430 e. The molecule has 2 atom stereocenters. The van der Waals surface area contributed by atoms with Gasteiger partial charge in [-0.05, 0) is 58.0 Å². The van der Waals surface area contributed by atoms with Crippen molar-refractivity contribution in [3.8, 4) is 5.75 Å². The molecule has 0 bridgehead atoms. The van der Waals surface area contributed by atoms with E-state index in [2.05, 4.69) is 15.0 Å². The number of alkyl halides is 2. The minimum atomic E-state index is -3.36. The number of nitrogens with one attached hydrogen (secondary N) is 2. The van der Waals surface area contributed by atoms with Crippen molar-refractivity contribution in [3.05, 3.63) is 47.7 Å². The van der Waals surface area contributed by atoms with Crippen molar-refractivity contribution in [3.63, 3.8) is 0 Å². The molecule has 0 aliphatic rings. The number of nitrogens with zero attached hydrogens (tertiary/aromatic N) is 1. The van der Waals surface area contributed by atoms with E-state index in [0.717, 1.165) is 12.8 Å². The Kier molecular flexibility index (Phi) is 8.02. The monoisotopic (exact) mass is 425 g/mol. The highest BCUT2D eigenvalue weighted by molar-refractivity contribution is 7.17. The molecule has 0 amide bonds. The molecule has 1 aromatic heterocycles. The van der Waals surface area contributed by atoms with Gasteiger partial charge in [-0.15, -0.1) is 0 Å². The third-order valence-electron chi connectivity index (χ3n) is 4.55. The van der Waals surface area contributed by atoms with Gasteiger partial charge in [-0.25, -0.2) is 4.98 Å². The summed E-state index contributed by atoms with van der Waals surface area (Å²) in [5, 5.41) is 31.4. The van der Waals surface area contributed by atoms with Crippen LogP contribution in [0.3, 0.4) is 0 Å². The Labute approximate surface area is 171 Å². The fraction of sp³-hybridized carbons (Fsp3) is 0.400. The van der Waals surface area contributed by atoms with Gasteiger partial charge in [0.15, 0.2) is 0 Å². The summed E-state index contributed by atoms with van der Waals surface area (Å²) >= 11 is 0. The van der Waals surface area contributed by atoms with Crippen molar-refractivity contribution >= 4 is 26.5 Å². The van der Waals surface area contributed by atoms with Crippen molar-refractivity contribution in [2.24, 2.45) is 5.92 Å². The van der Waals surface area contributed by atoms with Crippen LogP contribution in [-0.2, 0) is 0 Å². The lowest BCUT2D eigenvalue weighted by Crippen LogP contribution is -2.20. The van der Waals surface area contributed by atoms with Gasteiger partial charge in [-0.1, -0.05) is 13.8 Å². The second-order valence-corrected chi connectivity index (χ2v) is 7.23. The third kappa shape index (κ3) is 6.16. The molecule has 158 valence electrons. The molecule has 0 saturated heterocycles. The lowest BCUT2D eigenvalue weighted by molar-refractivity contribution is -0.0892. The zero-order valence-corrected chi connectivity index (χ0v) is 17.5. The average Bonchev–Trinajstić information content (AvgIpc) is 2.68. The molecule has 2 aromatic rings. The number of benzene rings is 1. The van der Waals surface area contributed by atoms with Gasteiger partial charge in [0.1, 0.15) is 17.7 Å². The van der Waals surface area contributed by atoms with Crippen LogP contribution in [0.5, 0.6) is 5.75 Å². The number of hydrogen-bond acceptors (Lipinski definition) is 6. The summed E-state index contributed by atoms with van der Waals surface area (Å²) < 4.78 is 30.4. The number of aliphatic hydroxyl groups excluding tert-OH is 2. The van der Waals surface area contributed by atoms with Gasteiger partial charge in [0, 0.05) is 29.1 Å². The quantitative estimate of drug-likeness (QED) is 0.333. The molecule has 0 aliphatic carbocycles. The van der Waals surface area contributed by atoms with Gasteiger partial charge in [0.25, 0.3) is 0 Å². The zero-order chi connectivity index (χ0) is 21.6. The van der Waals surface area contributed by atoms with Crippen LogP contribution >= 0.6 is 9.24 Å². The SMILES string of the molecule is CCC(CC)C(=N)c1c(C(O)CO)ccnc1Nc1ccc(OC(F)(F)P)cc1. The molecular weight excluding hydrogens is 399 g/mol. The summed E-state index contributed by atoms with van der Waals surface area (Å²) in [5.74, 6) is -3.05. The maximum absolute atomic E-state index is 12.9. The van der Waals surface area contributed by atoms with Crippen LogP contribution in [0.4, 0.5) is 20.3 Å². The summed E-state index contributed by atoms with van der Waals surface area (Å²) in [5.41, 5.74) is 1.70. The van der Waals surface area contributed by atoms with Crippen LogP contribution in [0.2, 0.25) is 0 Å². The highest BCUT2D eigenvalue weighted by Crippen LogP contribution is 2.31. The number of pyridine rings is 1. The van der Waals surface area contributed by atoms with Gasteiger partial charge in [-0.2, -0.15) is 8.78 Å². The fourth-order valence-electron chi connectivity index (χ4n) is 3.03. The second-order valence-electron chi connectivity index (χ2n) is 6.56. The highest BCUT2D eigenvalue weighted by Gasteiger charge is 2.25. The largest absolute Gasteiger partial charge is 0.430 e. The number of halogens is 2. The van der Waals surface area contributed by atoms with Crippen molar-refractivity contribution in [2.45, 2.75) is 38.6 Å². The first-order chi connectivity index (χ1) is 13.7. The third-order valence-corrected chi connectivity index (χ3v) is 4.67. The summed E-state index contributed by atoms with van der Waals surface area (Å²) in [6.07, 6.45) is 1.82. The minimum absolute atomic E-state index is 0.00189. The molecule has 2 unspecified atom stereocenters. The summed E-state index contributed by atoms with van der Waals surface area (Å²) in [4.78, 5) is 4.31. The molecule has 6 nitrogen and oxygen atoms in total. The molecule has 1 aromatic carbocycles. The molecule has 0 fully saturated rings. The first-order valence-electron chi connectivity index (χ1n) is 9.29. The average molecular weight is 425 g/mol. The normalized spacial score (nSPS) is 12.7. The molecule has 4 N–H and O–H groups in total. The van der Waals surface area contributed by atoms with Crippen molar-refractivity contribution in [1.29, 1.82) is 5.41 Å². The van der Waals surface area contributed by atoms with E-state index in [4.69, 9.17) is 5.41 Å². The van der Waals surface area contributed by atoms with Crippen LogP contribution in [0.15, 0.2) is 36.5 Å². The lowest BCUT2D eigenvalue weighted by Gasteiger charge is -2.22. The van der Waals surface area contributed by atoms with Crippen LogP contribution in [0.1, 0.15) is 43.9 Å². The van der Waals surface area contributed by atoms with E-state index in [0.29, 0.717) is 28.3 Å². The maximum atomic E-state index is 12.9. The van der Waals surface area contributed by atoms with E-state index in [1.807, 2.05) is 13.8 Å². The molecule has 0 radical (unpaired) electrons. The van der Waals surface area contributed by atoms with E-state index < -0.39 is 18.6 Å². The van der Waals surface area contributed by atoms with Crippen LogP contribution in [-0.4, -0.2) is 33.4 Å². The molecule has 2 rings (SSSR count). The Balaban J connectivity index is 2.40. The van der Waals surface area contributed by atoms with E-state index >= 15 is 0 Å². The summed E-state index contributed by atoms with van der Waals surface area (Å²) in [6, 6.07) is 7.45. The number of rotatable bonds is 10. The van der Waals surface area contributed by atoms with E-state index in [9.17, 15) is 19.0 Å². The van der Waals surface area contributed by atoms with E-state index in [1.54, 1.807) is 18.2 Å². The van der Waals surface area contributed by atoms with Crippen LogP contribution in [0, 0.1) is 11.3 Å². The predicted molar refractivity (Wildman–Crippen MR) is 112 cm³/mol. The Morgan fingerprint density at radius 3 is 2.38 bits per heavy atom. The molecule has 1 heterocycles. The lowest BCUT2D eigenvalue weighted by atomic mass is 9.88. The fourth-order valence-corrected chi connectivity index (χ4v) is 3.17. The Hall–Kier alpha value is -2.15. The standard InChI is InChI=1S/C20H26F2N3O3P/c1-3-12(4-2)18(23)17-15(16(27)11-26)9-10-24-19(17)25-13-5-7-14(8-6-13)28-20(21,22)29/h5-10,12,16,23,26-27H,3-4,11,29H2,1-2H3,(H,24,25). The predicted octanol–water partition coefficient (Wildman–Crippen LogP) is 4.46. The molecule has 0 saturated carbocycles. The Bertz CT molecular complexity index is 825. The first kappa shape index (κ1) is 23.1. The van der Waals surface area contributed by atoms with Crippen molar-refractivity contribution in [1.82, 2.24) is 4.98 Å². The Morgan fingerprint density at radius 1 is 1.24 bits per heavy atom. The number of hydrogen-bond donors (Lipinski definition) is 4. The molecule has 0 spiro atoms. The van der Waals surface area contributed by atoms with Crippen molar-refractivity contribution in [2.75, 3.05) is 11.9 Å². The van der Waals surface area contributed by atoms with Gasteiger partial charge >= 0.3 is 5.85 Å². The molecule has 29 heavy (non-hydrogen) atoms. The number of aliphatic hydroxyl groups is 2. The van der Waals surface area contributed by atoms with Gasteiger partial charge in [0.2, 0.25) is 0 Å². The smallest absolute Gasteiger partial charge is 0.408 e. The molecular formula is C20H26F2N3O3P. The number of ether oxygens (including phenoxy) is 1. The Morgan fingerprint density at radius 2 is 1.86 bits per heavy atom. The molecule has 9 heteroatoms.